The number of nitrogens with two attached hydrogens (primary N) is 2. The lowest BCUT2D eigenvalue weighted by molar-refractivity contribution is 1.16. The molecular formula is C12H12N6. The smallest absolute Gasteiger partial charge is 0.158 e. The monoisotopic (exact) mass is 240 g/mol. The van der Waals surface area contributed by atoms with Gasteiger partial charge in [0.25, 0.3) is 0 Å². The average Bonchev–Trinajstić information content (AvgIpc) is 2.66. The van der Waals surface area contributed by atoms with E-state index >= 15 is 0 Å². The number of rotatable bonds is 1. The molecule has 3 aromatic heterocycles. The molecule has 0 aliphatic rings. The van der Waals surface area contributed by atoms with Gasteiger partial charge in [-0.1, -0.05) is 0 Å². The van der Waals surface area contributed by atoms with Gasteiger partial charge in [-0.25, -0.2) is 15.0 Å². The molecule has 6 nitrogen and oxygen atoms in total. The van der Waals surface area contributed by atoms with Crippen LogP contribution in [0.5, 0.6) is 0 Å². The van der Waals surface area contributed by atoms with Crippen molar-refractivity contribution >= 4 is 22.8 Å². The molecule has 0 aliphatic heterocycles. The number of pyridine rings is 2. The minimum absolute atomic E-state index is 0.382. The summed E-state index contributed by atoms with van der Waals surface area (Å²) in [5.41, 5.74) is 14.6. The molecule has 0 spiro atoms. The van der Waals surface area contributed by atoms with Crippen LogP contribution in [0.1, 0.15) is 5.82 Å². The molecule has 0 aliphatic carbocycles. The van der Waals surface area contributed by atoms with E-state index in [1.165, 1.54) is 0 Å². The predicted octanol–water partition coefficient (Wildman–Crippen LogP) is 1.49. The Morgan fingerprint density at radius 1 is 1.00 bits per heavy atom. The lowest BCUT2D eigenvalue weighted by atomic mass is 10.1. The average molecular weight is 240 g/mol. The Labute approximate surface area is 103 Å². The highest BCUT2D eigenvalue weighted by atomic mass is 15.0. The Hall–Kier alpha value is -2.63. The molecule has 0 bridgehead atoms. The summed E-state index contributed by atoms with van der Waals surface area (Å²) >= 11 is 0. The van der Waals surface area contributed by atoms with Crippen LogP contribution in [0.3, 0.4) is 0 Å². The molecule has 3 aromatic rings. The lowest BCUT2D eigenvalue weighted by Gasteiger charge is -2.03. The molecule has 6 heteroatoms. The number of imidazole rings is 1. The standard InChI is InChI=1S/C12H12N6/c1-6-15-9-3-2-8(17-12(9)16-6)7-4-10(13)18-11(14)5-7/h2-5H,1H3,(H4,13,14,18)(H,15,16,17). The Morgan fingerprint density at radius 2 is 1.72 bits per heavy atom. The summed E-state index contributed by atoms with van der Waals surface area (Å²) in [7, 11) is 0. The second-order valence-electron chi connectivity index (χ2n) is 4.09. The first kappa shape index (κ1) is 10.5. The Kier molecular flexibility index (Phi) is 2.16. The van der Waals surface area contributed by atoms with Gasteiger partial charge >= 0.3 is 0 Å². The summed E-state index contributed by atoms with van der Waals surface area (Å²) in [6, 6.07) is 7.28. The number of aromatic amines is 1. The van der Waals surface area contributed by atoms with Crippen LogP contribution in [-0.2, 0) is 0 Å². The fraction of sp³-hybridized carbons (Fsp3) is 0.0833. The van der Waals surface area contributed by atoms with Gasteiger partial charge in [0.15, 0.2) is 5.65 Å². The van der Waals surface area contributed by atoms with Crippen molar-refractivity contribution in [2.45, 2.75) is 6.92 Å². The van der Waals surface area contributed by atoms with E-state index in [2.05, 4.69) is 19.9 Å². The number of aryl methyl sites for hydroxylation is 1. The van der Waals surface area contributed by atoms with E-state index in [4.69, 9.17) is 11.5 Å². The van der Waals surface area contributed by atoms with Crippen molar-refractivity contribution in [3.8, 4) is 11.3 Å². The van der Waals surface area contributed by atoms with E-state index in [0.717, 1.165) is 28.2 Å². The van der Waals surface area contributed by atoms with Crippen LogP contribution >= 0.6 is 0 Å². The molecule has 18 heavy (non-hydrogen) atoms. The quantitative estimate of drug-likeness (QED) is 0.597. The fourth-order valence-corrected chi connectivity index (χ4v) is 1.90. The van der Waals surface area contributed by atoms with Gasteiger partial charge in [0.05, 0.1) is 5.69 Å². The maximum Gasteiger partial charge on any atom is 0.158 e. The number of aromatic nitrogens is 4. The number of nitrogen functional groups attached to an aromatic ring is 2. The zero-order valence-electron chi connectivity index (χ0n) is 9.81. The summed E-state index contributed by atoms with van der Waals surface area (Å²) in [5, 5.41) is 0. The van der Waals surface area contributed by atoms with E-state index < -0.39 is 0 Å². The Morgan fingerprint density at radius 3 is 2.44 bits per heavy atom. The zero-order chi connectivity index (χ0) is 12.7. The molecular weight excluding hydrogens is 228 g/mol. The second-order valence-corrected chi connectivity index (χ2v) is 4.09. The van der Waals surface area contributed by atoms with Gasteiger partial charge in [0, 0.05) is 5.56 Å². The van der Waals surface area contributed by atoms with E-state index in [1.807, 2.05) is 19.1 Å². The maximum absolute atomic E-state index is 5.67. The SMILES string of the molecule is Cc1nc2ccc(-c3cc(N)nc(N)c3)nc2[nH]1. The number of nitrogens with one attached hydrogen (secondary N) is 1. The Bertz CT molecular complexity index is 710. The van der Waals surface area contributed by atoms with Crippen LogP contribution in [-0.4, -0.2) is 19.9 Å². The molecule has 5 N–H and O–H groups in total. The third-order valence-electron chi connectivity index (χ3n) is 2.62. The van der Waals surface area contributed by atoms with Gasteiger partial charge in [0.1, 0.15) is 23.0 Å². The number of fused-ring (bicyclic) bond motifs is 1. The molecule has 0 saturated heterocycles. The fourth-order valence-electron chi connectivity index (χ4n) is 1.90. The van der Waals surface area contributed by atoms with Crippen LogP contribution in [0.15, 0.2) is 24.3 Å². The van der Waals surface area contributed by atoms with Crippen molar-refractivity contribution in [1.82, 2.24) is 19.9 Å². The molecule has 0 radical (unpaired) electrons. The summed E-state index contributed by atoms with van der Waals surface area (Å²) in [6.07, 6.45) is 0. The van der Waals surface area contributed by atoms with Gasteiger partial charge in [-0.05, 0) is 31.2 Å². The minimum atomic E-state index is 0.382. The summed E-state index contributed by atoms with van der Waals surface area (Å²) in [6.45, 7) is 1.89. The normalized spacial score (nSPS) is 10.9. The number of H-pyrrole nitrogens is 1. The second kappa shape index (κ2) is 3.69. The Balaban J connectivity index is 2.18. The molecule has 0 saturated carbocycles. The van der Waals surface area contributed by atoms with Crippen molar-refractivity contribution in [2.24, 2.45) is 0 Å². The molecule has 3 heterocycles. The van der Waals surface area contributed by atoms with Crippen LogP contribution in [0.4, 0.5) is 11.6 Å². The largest absolute Gasteiger partial charge is 0.384 e. The van der Waals surface area contributed by atoms with Gasteiger partial charge in [0.2, 0.25) is 0 Å². The van der Waals surface area contributed by atoms with Crippen molar-refractivity contribution in [3.05, 3.63) is 30.1 Å². The molecule has 0 atom stereocenters. The third kappa shape index (κ3) is 1.73. The highest BCUT2D eigenvalue weighted by Crippen LogP contribution is 2.22. The van der Waals surface area contributed by atoms with E-state index in [0.29, 0.717) is 11.6 Å². The third-order valence-corrected chi connectivity index (χ3v) is 2.62. The molecule has 0 amide bonds. The first-order chi connectivity index (χ1) is 8.61. The first-order valence-electron chi connectivity index (χ1n) is 5.48. The van der Waals surface area contributed by atoms with Crippen molar-refractivity contribution < 1.29 is 0 Å². The number of hydrogen-bond acceptors (Lipinski definition) is 5. The van der Waals surface area contributed by atoms with Gasteiger partial charge in [-0.2, -0.15) is 0 Å². The van der Waals surface area contributed by atoms with Gasteiger partial charge in [-0.3, -0.25) is 0 Å². The van der Waals surface area contributed by atoms with E-state index in [1.54, 1.807) is 12.1 Å². The molecule has 90 valence electrons. The molecule has 0 aromatic carbocycles. The highest BCUT2D eigenvalue weighted by Gasteiger charge is 2.06. The number of anilines is 2. The topological polar surface area (TPSA) is 106 Å². The van der Waals surface area contributed by atoms with Crippen molar-refractivity contribution in [2.75, 3.05) is 11.5 Å². The van der Waals surface area contributed by atoms with Gasteiger partial charge < -0.3 is 16.5 Å². The predicted molar refractivity (Wildman–Crippen MR) is 70.7 cm³/mol. The summed E-state index contributed by atoms with van der Waals surface area (Å²) in [4.78, 5) is 15.8. The van der Waals surface area contributed by atoms with Crippen LogP contribution in [0.2, 0.25) is 0 Å². The minimum Gasteiger partial charge on any atom is -0.384 e. The molecule has 0 unspecified atom stereocenters. The van der Waals surface area contributed by atoms with Crippen LogP contribution in [0, 0.1) is 6.92 Å². The van der Waals surface area contributed by atoms with E-state index in [9.17, 15) is 0 Å². The first-order valence-corrected chi connectivity index (χ1v) is 5.48. The van der Waals surface area contributed by atoms with Crippen molar-refractivity contribution in [1.29, 1.82) is 0 Å². The lowest BCUT2D eigenvalue weighted by Crippen LogP contribution is -1.97. The summed E-state index contributed by atoms with van der Waals surface area (Å²) in [5.74, 6) is 1.60. The van der Waals surface area contributed by atoms with Crippen LogP contribution < -0.4 is 11.5 Å². The summed E-state index contributed by atoms with van der Waals surface area (Å²) < 4.78 is 0. The highest BCUT2D eigenvalue weighted by molar-refractivity contribution is 5.76. The van der Waals surface area contributed by atoms with E-state index in [-0.39, 0.29) is 0 Å². The maximum atomic E-state index is 5.67. The molecule has 3 rings (SSSR count). The van der Waals surface area contributed by atoms with Crippen molar-refractivity contribution in [3.63, 3.8) is 0 Å². The number of nitrogens with zero attached hydrogens (tertiary/aromatic N) is 3. The zero-order valence-corrected chi connectivity index (χ0v) is 9.81. The van der Waals surface area contributed by atoms with Crippen LogP contribution in [0.25, 0.3) is 22.4 Å². The molecule has 0 fully saturated rings. The number of hydrogen-bond donors (Lipinski definition) is 3. The van der Waals surface area contributed by atoms with Gasteiger partial charge in [-0.15, -0.1) is 0 Å².